The summed E-state index contributed by atoms with van der Waals surface area (Å²) >= 11 is 0. The van der Waals surface area contributed by atoms with E-state index in [4.69, 9.17) is 4.74 Å². The van der Waals surface area contributed by atoms with E-state index in [0.717, 1.165) is 24.8 Å². The van der Waals surface area contributed by atoms with Crippen LogP contribution < -0.4 is 10.1 Å². The smallest absolute Gasteiger partial charge is 0.160 e. The molecule has 1 saturated carbocycles. The van der Waals surface area contributed by atoms with Gasteiger partial charge in [0.1, 0.15) is 0 Å². The molecule has 17 heavy (non-hydrogen) atoms. The largest absolute Gasteiger partial charge is 0.504 e. The van der Waals surface area contributed by atoms with Gasteiger partial charge < -0.3 is 20.3 Å². The Morgan fingerprint density at radius 3 is 2.76 bits per heavy atom. The fourth-order valence-corrected chi connectivity index (χ4v) is 2.03. The lowest BCUT2D eigenvalue weighted by molar-refractivity contribution is -0.0314. The van der Waals surface area contributed by atoms with Crippen LogP contribution in [0.15, 0.2) is 18.2 Å². The zero-order chi connectivity index (χ0) is 12.3. The van der Waals surface area contributed by atoms with Gasteiger partial charge in [-0.2, -0.15) is 0 Å². The molecule has 1 aliphatic carbocycles. The average Bonchev–Trinajstić information content (AvgIpc) is 2.29. The first kappa shape index (κ1) is 12.2. The van der Waals surface area contributed by atoms with Crippen molar-refractivity contribution in [2.24, 2.45) is 0 Å². The number of phenolic OH excluding ortho intramolecular Hbond substituents is 1. The van der Waals surface area contributed by atoms with Crippen molar-refractivity contribution in [3.8, 4) is 11.5 Å². The van der Waals surface area contributed by atoms with Crippen LogP contribution in [0.1, 0.15) is 24.8 Å². The lowest BCUT2D eigenvalue weighted by Gasteiger charge is -2.36. The number of rotatable bonds is 5. The third-order valence-corrected chi connectivity index (χ3v) is 3.31. The topological polar surface area (TPSA) is 61.7 Å². The highest BCUT2D eigenvalue weighted by molar-refractivity contribution is 5.41. The highest BCUT2D eigenvalue weighted by Crippen LogP contribution is 2.31. The number of benzene rings is 1. The molecule has 1 aliphatic rings. The maximum atomic E-state index is 9.91. The molecular formula is C13H19NO3. The Balaban J connectivity index is 1.86. The molecule has 0 unspecified atom stereocenters. The van der Waals surface area contributed by atoms with Gasteiger partial charge in [0.2, 0.25) is 0 Å². The predicted molar refractivity (Wildman–Crippen MR) is 65.2 cm³/mol. The van der Waals surface area contributed by atoms with Gasteiger partial charge in [-0.05, 0) is 37.0 Å². The van der Waals surface area contributed by atoms with E-state index in [1.165, 1.54) is 7.11 Å². The fourth-order valence-electron chi connectivity index (χ4n) is 2.03. The number of hydrogen-bond acceptors (Lipinski definition) is 4. The summed E-state index contributed by atoms with van der Waals surface area (Å²) in [5.41, 5.74) is 0.531. The molecule has 4 heteroatoms. The molecule has 2 rings (SSSR count). The van der Waals surface area contributed by atoms with Gasteiger partial charge in [-0.25, -0.2) is 0 Å². The molecule has 1 aromatic carbocycles. The van der Waals surface area contributed by atoms with E-state index in [0.29, 0.717) is 18.8 Å². The second kappa shape index (κ2) is 4.94. The molecular weight excluding hydrogens is 218 g/mol. The Bertz CT molecular complexity index is 388. The maximum absolute atomic E-state index is 9.91. The van der Waals surface area contributed by atoms with E-state index in [-0.39, 0.29) is 5.75 Å². The van der Waals surface area contributed by atoms with E-state index < -0.39 is 5.60 Å². The van der Waals surface area contributed by atoms with Gasteiger partial charge in [-0.3, -0.25) is 0 Å². The Labute approximate surface area is 101 Å². The van der Waals surface area contributed by atoms with Crippen molar-refractivity contribution in [2.75, 3.05) is 13.7 Å². The van der Waals surface area contributed by atoms with Crippen LogP contribution in [0.3, 0.4) is 0 Å². The van der Waals surface area contributed by atoms with Gasteiger partial charge in [-0.1, -0.05) is 6.07 Å². The summed E-state index contributed by atoms with van der Waals surface area (Å²) in [6.07, 6.45) is 2.89. The summed E-state index contributed by atoms with van der Waals surface area (Å²) in [4.78, 5) is 0. The molecule has 1 fully saturated rings. The molecule has 0 atom stereocenters. The number of ether oxygens (including phenoxy) is 1. The van der Waals surface area contributed by atoms with E-state index in [9.17, 15) is 10.2 Å². The van der Waals surface area contributed by atoms with E-state index in [1.54, 1.807) is 12.1 Å². The van der Waals surface area contributed by atoms with E-state index in [2.05, 4.69) is 5.32 Å². The number of aromatic hydroxyl groups is 1. The number of phenols is 1. The quantitative estimate of drug-likeness (QED) is 0.724. The maximum Gasteiger partial charge on any atom is 0.160 e. The van der Waals surface area contributed by atoms with Crippen molar-refractivity contribution in [1.29, 1.82) is 0 Å². The van der Waals surface area contributed by atoms with E-state index in [1.807, 2.05) is 6.07 Å². The Morgan fingerprint density at radius 2 is 2.18 bits per heavy atom. The van der Waals surface area contributed by atoms with Crippen molar-refractivity contribution < 1.29 is 14.9 Å². The van der Waals surface area contributed by atoms with Crippen LogP contribution in [-0.4, -0.2) is 29.5 Å². The molecule has 0 bridgehead atoms. The Hall–Kier alpha value is -1.26. The first-order chi connectivity index (χ1) is 8.13. The molecule has 94 valence electrons. The second-order valence-electron chi connectivity index (χ2n) is 4.69. The van der Waals surface area contributed by atoms with Crippen molar-refractivity contribution in [3.63, 3.8) is 0 Å². The zero-order valence-corrected chi connectivity index (χ0v) is 10.1. The summed E-state index contributed by atoms with van der Waals surface area (Å²) in [5, 5.41) is 22.6. The fraction of sp³-hybridized carbons (Fsp3) is 0.538. The minimum absolute atomic E-state index is 0.147. The van der Waals surface area contributed by atoms with Gasteiger partial charge in [0, 0.05) is 13.1 Å². The van der Waals surface area contributed by atoms with Crippen molar-refractivity contribution in [3.05, 3.63) is 23.8 Å². The minimum atomic E-state index is -0.499. The first-order valence-electron chi connectivity index (χ1n) is 5.92. The Morgan fingerprint density at radius 1 is 1.41 bits per heavy atom. The highest BCUT2D eigenvalue weighted by atomic mass is 16.5. The monoisotopic (exact) mass is 237 g/mol. The summed E-state index contributed by atoms with van der Waals surface area (Å²) in [5.74, 6) is 0.625. The standard InChI is InChI=1S/C13H19NO3/c1-17-12-7-10(3-4-11(12)15)8-14-9-13(16)5-2-6-13/h3-4,7,14-16H,2,5-6,8-9H2,1H3. The SMILES string of the molecule is COc1cc(CNCC2(O)CCC2)ccc1O. The van der Waals surface area contributed by atoms with E-state index >= 15 is 0 Å². The van der Waals surface area contributed by atoms with Crippen LogP contribution in [0.2, 0.25) is 0 Å². The lowest BCUT2D eigenvalue weighted by Crippen LogP contribution is -2.45. The van der Waals surface area contributed by atoms with Crippen molar-refractivity contribution >= 4 is 0 Å². The van der Waals surface area contributed by atoms with Gasteiger partial charge in [-0.15, -0.1) is 0 Å². The molecule has 0 aromatic heterocycles. The molecule has 0 amide bonds. The second-order valence-corrected chi connectivity index (χ2v) is 4.69. The number of aliphatic hydroxyl groups is 1. The third kappa shape index (κ3) is 2.90. The van der Waals surface area contributed by atoms with Crippen LogP contribution in [0.5, 0.6) is 11.5 Å². The zero-order valence-electron chi connectivity index (χ0n) is 10.1. The molecule has 3 N–H and O–H groups in total. The van der Waals surface area contributed by atoms with Gasteiger partial charge >= 0.3 is 0 Å². The van der Waals surface area contributed by atoms with Crippen molar-refractivity contribution in [1.82, 2.24) is 5.32 Å². The molecule has 0 spiro atoms. The van der Waals surface area contributed by atoms with Crippen LogP contribution in [0.4, 0.5) is 0 Å². The van der Waals surface area contributed by atoms with Crippen LogP contribution in [-0.2, 0) is 6.54 Å². The van der Waals surface area contributed by atoms with Gasteiger partial charge in [0.15, 0.2) is 11.5 Å². The summed E-state index contributed by atoms with van der Waals surface area (Å²) in [6.45, 7) is 1.29. The third-order valence-electron chi connectivity index (χ3n) is 3.31. The van der Waals surface area contributed by atoms with Crippen LogP contribution >= 0.6 is 0 Å². The van der Waals surface area contributed by atoms with Gasteiger partial charge in [0.05, 0.1) is 12.7 Å². The predicted octanol–water partition coefficient (Wildman–Crippen LogP) is 1.41. The number of hydrogen-bond donors (Lipinski definition) is 3. The van der Waals surface area contributed by atoms with Gasteiger partial charge in [0.25, 0.3) is 0 Å². The summed E-state index contributed by atoms with van der Waals surface area (Å²) in [6, 6.07) is 5.26. The normalized spacial score (nSPS) is 17.5. The molecule has 1 aromatic rings. The van der Waals surface area contributed by atoms with Crippen molar-refractivity contribution in [2.45, 2.75) is 31.4 Å². The molecule has 0 aliphatic heterocycles. The molecule has 4 nitrogen and oxygen atoms in total. The lowest BCUT2D eigenvalue weighted by atomic mass is 9.80. The molecule has 0 heterocycles. The summed E-state index contributed by atoms with van der Waals surface area (Å²) in [7, 11) is 1.53. The highest BCUT2D eigenvalue weighted by Gasteiger charge is 2.33. The molecule has 0 radical (unpaired) electrons. The van der Waals surface area contributed by atoms with Crippen LogP contribution in [0, 0.1) is 0 Å². The average molecular weight is 237 g/mol. The first-order valence-corrected chi connectivity index (χ1v) is 5.92. The number of methoxy groups -OCH3 is 1. The number of nitrogens with one attached hydrogen (secondary N) is 1. The van der Waals surface area contributed by atoms with Crippen LogP contribution in [0.25, 0.3) is 0 Å². The Kier molecular flexibility index (Phi) is 3.54. The molecule has 0 saturated heterocycles. The summed E-state index contributed by atoms with van der Waals surface area (Å²) < 4.78 is 5.04. The minimum Gasteiger partial charge on any atom is -0.504 e.